The van der Waals surface area contributed by atoms with Crippen molar-refractivity contribution in [2.45, 2.75) is 37.4 Å². The van der Waals surface area contributed by atoms with Gasteiger partial charge in [0.25, 0.3) is 0 Å². The molecule has 32 heavy (non-hydrogen) atoms. The van der Waals surface area contributed by atoms with Gasteiger partial charge in [-0.25, -0.2) is 4.79 Å². The lowest BCUT2D eigenvalue weighted by Gasteiger charge is -2.23. The Morgan fingerprint density at radius 3 is 1.75 bits per heavy atom. The van der Waals surface area contributed by atoms with Crippen LogP contribution in [-0.4, -0.2) is 48.9 Å². The zero-order valence-electron chi connectivity index (χ0n) is 17.8. The summed E-state index contributed by atoms with van der Waals surface area (Å²) in [6.07, 6.45) is 0.0116. The number of hydrogen-bond acceptors (Lipinski definition) is 6. The lowest BCUT2D eigenvalue weighted by atomic mass is 10.0. The summed E-state index contributed by atoms with van der Waals surface area (Å²) in [5.74, 6) is -2.62. The first kappa shape index (κ1) is 24.5. The Balaban J connectivity index is 2.19. The Morgan fingerprint density at radius 1 is 0.812 bits per heavy atom. The SMILES string of the molecule is COC(=O)C(Cc1ccccc1)NC(=O)C(Cc1ccccc1)NC(=O)C(N)CC(N)=O. The van der Waals surface area contributed by atoms with Crippen LogP contribution in [-0.2, 0) is 36.8 Å². The molecule has 0 radical (unpaired) electrons. The zero-order valence-corrected chi connectivity index (χ0v) is 17.8. The van der Waals surface area contributed by atoms with E-state index in [1.54, 1.807) is 24.3 Å². The van der Waals surface area contributed by atoms with E-state index >= 15 is 0 Å². The van der Waals surface area contributed by atoms with E-state index in [0.717, 1.165) is 11.1 Å². The van der Waals surface area contributed by atoms with Crippen molar-refractivity contribution in [2.24, 2.45) is 11.5 Å². The minimum Gasteiger partial charge on any atom is -0.467 e. The molecule has 2 aromatic rings. The van der Waals surface area contributed by atoms with E-state index in [0.29, 0.717) is 0 Å². The molecule has 0 heterocycles. The molecule has 9 nitrogen and oxygen atoms in total. The van der Waals surface area contributed by atoms with Crippen LogP contribution >= 0.6 is 0 Å². The van der Waals surface area contributed by atoms with Crippen LogP contribution in [0.1, 0.15) is 17.5 Å². The first-order valence-corrected chi connectivity index (χ1v) is 10.1. The van der Waals surface area contributed by atoms with Gasteiger partial charge < -0.3 is 26.8 Å². The molecule has 9 heteroatoms. The highest BCUT2D eigenvalue weighted by atomic mass is 16.5. The average Bonchev–Trinajstić information content (AvgIpc) is 2.78. The van der Waals surface area contributed by atoms with Crippen LogP contribution < -0.4 is 22.1 Å². The molecule has 0 aliphatic heterocycles. The fourth-order valence-corrected chi connectivity index (χ4v) is 3.10. The van der Waals surface area contributed by atoms with E-state index in [-0.39, 0.29) is 19.3 Å². The van der Waals surface area contributed by atoms with E-state index in [1.807, 2.05) is 36.4 Å². The third-order valence-electron chi connectivity index (χ3n) is 4.76. The van der Waals surface area contributed by atoms with E-state index in [1.165, 1.54) is 7.11 Å². The summed E-state index contributed by atoms with van der Waals surface area (Å²) in [4.78, 5) is 48.9. The summed E-state index contributed by atoms with van der Waals surface area (Å²) >= 11 is 0. The van der Waals surface area contributed by atoms with Crippen LogP contribution in [0.25, 0.3) is 0 Å². The van der Waals surface area contributed by atoms with Crippen LogP contribution in [0.2, 0.25) is 0 Å². The Morgan fingerprint density at radius 2 is 1.28 bits per heavy atom. The van der Waals surface area contributed by atoms with E-state index in [9.17, 15) is 19.2 Å². The Kier molecular flexibility index (Phi) is 9.37. The van der Waals surface area contributed by atoms with Crippen LogP contribution in [0.15, 0.2) is 60.7 Å². The molecule has 2 rings (SSSR count). The third-order valence-corrected chi connectivity index (χ3v) is 4.76. The number of nitrogens with one attached hydrogen (secondary N) is 2. The van der Waals surface area contributed by atoms with Gasteiger partial charge in [-0.3, -0.25) is 14.4 Å². The van der Waals surface area contributed by atoms with Gasteiger partial charge in [0.2, 0.25) is 17.7 Å². The maximum Gasteiger partial charge on any atom is 0.328 e. The molecule has 2 aromatic carbocycles. The van der Waals surface area contributed by atoms with Crippen molar-refractivity contribution in [1.29, 1.82) is 0 Å². The number of carbonyl (C=O) groups is 4. The summed E-state index contributed by atoms with van der Waals surface area (Å²) in [5.41, 5.74) is 12.4. The fourth-order valence-electron chi connectivity index (χ4n) is 3.10. The molecule has 0 saturated carbocycles. The molecule has 0 aliphatic carbocycles. The number of amides is 3. The first-order chi connectivity index (χ1) is 15.3. The second-order valence-electron chi connectivity index (χ2n) is 7.30. The van der Waals surface area contributed by atoms with Gasteiger partial charge in [-0.15, -0.1) is 0 Å². The third kappa shape index (κ3) is 7.84. The smallest absolute Gasteiger partial charge is 0.328 e. The summed E-state index contributed by atoms with van der Waals surface area (Å²) < 4.78 is 4.83. The second-order valence-corrected chi connectivity index (χ2v) is 7.30. The van der Waals surface area contributed by atoms with Crippen molar-refractivity contribution < 1.29 is 23.9 Å². The van der Waals surface area contributed by atoms with Crippen molar-refractivity contribution in [3.8, 4) is 0 Å². The van der Waals surface area contributed by atoms with Crippen molar-refractivity contribution >= 4 is 23.7 Å². The number of esters is 1. The van der Waals surface area contributed by atoms with Crippen LogP contribution in [0.4, 0.5) is 0 Å². The number of ether oxygens (including phenoxy) is 1. The molecule has 0 aliphatic rings. The lowest BCUT2D eigenvalue weighted by Crippen LogP contribution is -2.56. The molecular formula is C23H28N4O5. The van der Waals surface area contributed by atoms with Crippen molar-refractivity contribution in [3.63, 3.8) is 0 Å². The van der Waals surface area contributed by atoms with E-state index in [2.05, 4.69) is 10.6 Å². The van der Waals surface area contributed by atoms with Gasteiger partial charge in [0.1, 0.15) is 12.1 Å². The summed E-state index contributed by atoms with van der Waals surface area (Å²) in [6.45, 7) is 0. The van der Waals surface area contributed by atoms with Gasteiger partial charge in [-0.2, -0.15) is 0 Å². The standard InChI is InChI=1S/C23H28N4O5/c1-32-23(31)19(13-16-10-6-3-7-11-16)27-22(30)18(12-15-8-4-2-5-9-15)26-21(29)17(24)14-20(25)28/h2-11,17-19H,12-14,24H2,1H3,(H2,25,28)(H,26,29)(H,27,30). The summed E-state index contributed by atoms with van der Waals surface area (Å²) in [7, 11) is 1.23. The van der Waals surface area contributed by atoms with Crippen LogP contribution in [0.5, 0.6) is 0 Å². The molecule has 0 aromatic heterocycles. The first-order valence-electron chi connectivity index (χ1n) is 10.1. The maximum atomic E-state index is 13.1. The zero-order chi connectivity index (χ0) is 23.5. The second kappa shape index (κ2) is 12.2. The highest BCUT2D eigenvalue weighted by Crippen LogP contribution is 2.08. The number of nitrogens with two attached hydrogens (primary N) is 2. The normalized spacial score (nSPS) is 13.3. The monoisotopic (exact) mass is 440 g/mol. The fraction of sp³-hybridized carbons (Fsp3) is 0.304. The average molecular weight is 441 g/mol. The predicted molar refractivity (Wildman–Crippen MR) is 118 cm³/mol. The number of carbonyl (C=O) groups excluding carboxylic acids is 4. The van der Waals surface area contributed by atoms with Crippen LogP contribution in [0.3, 0.4) is 0 Å². The Labute approximate surface area is 186 Å². The molecule has 3 amide bonds. The maximum absolute atomic E-state index is 13.1. The Bertz CT molecular complexity index is 920. The molecule has 0 bridgehead atoms. The number of benzene rings is 2. The van der Waals surface area contributed by atoms with Crippen LogP contribution in [0, 0.1) is 0 Å². The molecule has 0 spiro atoms. The van der Waals surface area contributed by atoms with E-state index in [4.69, 9.17) is 16.2 Å². The highest BCUT2D eigenvalue weighted by Gasteiger charge is 2.29. The van der Waals surface area contributed by atoms with Gasteiger partial charge in [0, 0.05) is 12.8 Å². The minimum atomic E-state index is -1.20. The van der Waals surface area contributed by atoms with Crippen molar-refractivity contribution in [1.82, 2.24) is 10.6 Å². The molecule has 3 unspecified atom stereocenters. The van der Waals surface area contributed by atoms with Gasteiger partial charge in [0.15, 0.2) is 0 Å². The number of hydrogen-bond donors (Lipinski definition) is 4. The van der Waals surface area contributed by atoms with Crippen molar-refractivity contribution in [3.05, 3.63) is 71.8 Å². The summed E-state index contributed by atoms with van der Waals surface area (Å²) in [5, 5.41) is 5.22. The molecule has 3 atom stereocenters. The molecule has 170 valence electrons. The largest absolute Gasteiger partial charge is 0.467 e. The highest BCUT2D eigenvalue weighted by molar-refractivity contribution is 5.93. The molecule has 0 saturated heterocycles. The molecule has 6 N–H and O–H groups in total. The van der Waals surface area contributed by atoms with Gasteiger partial charge >= 0.3 is 5.97 Å². The van der Waals surface area contributed by atoms with E-state index < -0.39 is 41.8 Å². The van der Waals surface area contributed by atoms with Gasteiger partial charge in [-0.1, -0.05) is 60.7 Å². The summed E-state index contributed by atoms with van der Waals surface area (Å²) in [6, 6.07) is 15.0. The quantitative estimate of drug-likeness (QED) is 0.355. The number of methoxy groups -OCH3 is 1. The number of rotatable bonds is 11. The Hall–Kier alpha value is -3.72. The van der Waals surface area contributed by atoms with Crippen molar-refractivity contribution in [2.75, 3.05) is 7.11 Å². The lowest BCUT2D eigenvalue weighted by molar-refractivity contribution is -0.145. The number of primary amides is 1. The minimum absolute atomic E-state index is 0.154. The van der Waals surface area contributed by atoms with Gasteiger partial charge in [-0.05, 0) is 11.1 Å². The molecule has 0 fully saturated rings. The topological polar surface area (TPSA) is 154 Å². The predicted octanol–water partition coefficient (Wildman–Crippen LogP) is -0.183. The molecular weight excluding hydrogens is 412 g/mol. The van der Waals surface area contributed by atoms with Gasteiger partial charge in [0.05, 0.1) is 19.6 Å².